The number of nitrogens with one attached hydrogen (secondary N) is 6. The van der Waals surface area contributed by atoms with Gasteiger partial charge in [-0.2, -0.15) is 0 Å². The number of unbranched alkanes of at least 4 members (excludes halogenated alkanes) is 4. The molecule has 0 aliphatic rings. The summed E-state index contributed by atoms with van der Waals surface area (Å²) in [5.41, 5.74) is 28.4. The zero-order valence-corrected chi connectivity index (χ0v) is 37.5. The monoisotopic (exact) mass is 902 g/mol. The number of carbonyl (C=O) groups is 8. The van der Waals surface area contributed by atoms with Gasteiger partial charge in [-0.3, -0.25) is 38.4 Å². The van der Waals surface area contributed by atoms with Gasteiger partial charge in [0.05, 0.1) is 38.5 Å². The van der Waals surface area contributed by atoms with Crippen LogP contribution in [0.25, 0.3) is 0 Å². The van der Waals surface area contributed by atoms with Gasteiger partial charge in [0.25, 0.3) is 5.91 Å². The van der Waals surface area contributed by atoms with Crippen molar-refractivity contribution in [1.29, 1.82) is 0 Å². The van der Waals surface area contributed by atoms with Crippen molar-refractivity contribution in [2.45, 2.75) is 134 Å². The van der Waals surface area contributed by atoms with E-state index in [0.717, 1.165) is 26.2 Å². The van der Waals surface area contributed by atoms with Crippen LogP contribution >= 0.6 is 0 Å². The van der Waals surface area contributed by atoms with Crippen LogP contribution in [0.3, 0.4) is 0 Å². The molecule has 0 saturated carbocycles. The van der Waals surface area contributed by atoms with Crippen LogP contribution in [0.2, 0.25) is 0 Å². The van der Waals surface area contributed by atoms with Crippen LogP contribution in [0.1, 0.15) is 110 Å². The molecule has 0 aliphatic carbocycles. The molecule has 0 fully saturated rings. The summed E-state index contributed by atoms with van der Waals surface area (Å²) >= 11 is 0. The molecule has 0 radical (unpaired) electrons. The number of carbonyl (C=O) groups excluding carboxylic acids is 8. The first-order valence-electron chi connectivity index (χ1n) is 22.4. The van der Waals surface area contributed by atoms with Crippen molar-refractivity contribution in [2.75, 3.05) is 78.9 Å². The van der Waals surface area contributed by atoms with Crippen LogP contribution in [-0.2, 0) is 52.6 Å². The van der Waals surface area contributed by atoms with E-state index in [1.54, 1.807) is 0 Å². The standard InChI is InChI=1S/C41H79N11O11/c1-30(53)38(57)48-20-8-4-14-33(37(46)56)51-36(55)17-16-35(54)47-22-10-24-61-26-28-63-29-27-62-25-11-23-50-41(60)34(52-40(59)32(45)13-3-7-19-43)15-5-9-21-49-39(58)31(44)12-2-6-18-42/h31-34H,2-29,42-45H2,1H3,(H2,46,56)(H,47,54)(H,48,57)(H,49,58)(H,50,60)(H,51,55)(H,52,59). The van der Waals surface area contributed by atoms with Crippen molar-refractivity contribution in [3.05, 3.63) is 0 Å². The molecule has 0 rings (SSSR count). The van der Waals surface area contributed by atoms with Crippen molar-refractivity contribution in [1.82, 2.24) is 31.9 Å². The molecule has 0 saturated heterocycles. The molecule has 0 heterocycles. The van der Waals surface area contributed by atoms with Gasteiger partial charge in [-0.25, -0.2) is 0 Å². The Hall–Kier alpha value is -4.32. The Morgan fingerprint density at radius 2 is 0.905 bits per heavy atom. The minimum Gasteiger partial charge on any atom is -0.379 e. The molecule has 63 heavy (non-hydrogen) atoms. The second kappa shape index (κ2) is 39.3. The summed E-state index contributed by atoms with van der Waals surface area (Å²) in [6.45, 7) is 5.74. The number of hydrogen-bond acceptors (Lipinski definition) is 15. The highest BCUT2D eigenvalue weighted by molar-refractivity contribution is 6.35. The lowest BCUT2D eigenvalue weighted by Gasteiger charge is -2.21. The number of amides is 7. The van der Waals surface area contributed by atoms with Crippen LogP contribution < -0.4 is 60.6 Å². The fourth-order valence-electron chi connectivity index (χ4n) is 5.76. The lowest BCUT2D eigenvalue weighted by molar-refractivity contribution is -0.136. The maximum absolute atomic E-state index is 13.0. The SMILES string of the molecule is CC(=O)C(=O)NCCCCC(NC(=O)CCC(=O)NCCCOCCOCCOCCCNC(=O)C(CCCCNC(=O)C(N)CCCCN)NC(=O)C(N)CCCCN)C(N)=O. The Balaban J connectivity index is 4.16. The lowest BCUT2D eigenvalue weighted by Crippen LogP contribution is -2.51. The molecule has 0 spiro atoms. The second-order valence-electron chi connectivity index (χ2n) is 15.1. The molecule has 0 aromatic carbocycles. The number of primary amides is 1. The van der Waals surface area contributed by atoms with Gasteiger partial charge >= 0.3 is 0 Å². The summed E-state index contributed by atoms with van der Waals surface area (Å²) in [7, 11) is 0. The molecule has 7 amide bonds. The van der Waals surface area contributed by atoms with Crippen LogP contribution in [0.4, 0.5) is 0 Å². The fourth-order valence-corrected chi connectivity index (χ4v) is 5.76. The highest BCUT2D eigenvalue weighted by atomic mass is 16.5. The topological polar surface area (TPSA) is 367 Å². The van der Waals surface area contributed by atoms with Gasteiger partial charge in [-0.1, -0.05) is 12.8 Å². The van der Waals surface area contributed by atoms with E-state index < -0.39 is 53.6 Å². The quantitative estimate of drug-likeness (QED) is 0.0220. The third-order valence-electron chi connectivity index (χ3n) is 9.54. The number of rotatable bonds is 42. The number of ketones is 1. The van der Waals surface area contributed by atoms with Crippen molar-refractivity contribution in [3.8, 4) is 0 Å². The molecular formula is C41H79N11O11. The summed E-state index contributed by atoms with van der Waals surface area (Å²) in [4.78, 5) is 96.3. The summed E-state index contributed by atoms with van der Waals surface area (Å²) < 4.78 is 16.6. The van der Waals surface area contributed by atoms with E-state index in [9.17, 15) is 38.4 Å². The minimum atomic E-state index is -0.908. The zero-order chi connectivity index (χ0) is 47.1. The Morgan fingerprint density at radius 3 is 1.44 bits per heavy atom. The van der Waals surface area contributed by atoms with Crippen LogP contribution in [0.15, 0.2) is 0 Å². The van der Waals surface area contributed by atoms with E-state index in [1.807, 2.05) is 0 Å². The summed E-state index contributed by atoms with van der Waals surface area (Å²) in [6.07, 6.45) is 7.73. The third kappa shape index (κ3) is 33.9. The van der Waals surface area contributed by atoms with Crippen molar-refractivity contribution >= 4 is 47.1 Å². The normalized spacial score (nSPS) is 12.9. The summed E-state index contributed by atoms with van der Waals surface area (Å²) in [5, 5.41) is 16.2. The number of nitrogens with two attached hydrogens (primary N) is 5. The van der Waals surface area contributed by atoms with E-state index in [2.05, 4.69) is 31.9 Å². The Kier molecular flexibility index (Phi) is 36.6. The van der Waals surface area contributed by atoms with Crippen molar-refractivity contribution in [3.63, 3.8) is 0 Å². The number of Topliss-reactive ketones (excluding diaryl/α,β-unsaturated/α-hetero) is 1. The zero-order valence-electron chi connectivity index (χ0n) is 37.5. The first-order chi connectivity index (χ1) is 30.2. The Bertz CT molecular complexity index is 1330. The van der Waals surface area contributed by atoms with E-state index in [0.29, 0.717) is 137 Å². The third-order valence-corrected chi connectivity index (χ3v) is 9.54. The molecule has 364 valence electrons. The molecule has 16 N–H and O–H groups in total. The molecule has 22 heteroatoms. The molecule has 0 bridgehead atoms. The average molecular weight is 902 g/mol. The molecule has 0 aliphatic heterocycles. The molecule has 0 aromatic rings. The van der Waals surface area contributed by atoms with Gasteiger partial charge in [0.15, 0.2) is 0 Å². The molecule has 4 atom stereocenters. The van der Waals surface area contributed by atoms with E-state index in [-0.39, 0.29) is 43.5 Å². The summed E-state index contributed by atoms with van der Waals surface area (Å²) in [6, 6.07) is -3.04. The maximum atomic E-state index is 13.0. The van der Waals surface area contributed by atoms with E-state index in [1.165, 1.54) is 0 Å². The molecule has 4 unspecified atom stereocenters. The first-order valence-corrected chi connectivity index (χ1v) is 22.4. The Labute approximate surface area is 372 Å². The molecule has 0 aromatic heterocycles. The largest absolute Gasteiger partial charge is 0.379 e. The molecule has 22 nitrogen and oxygen atoms in total. The lowest BCUT2D eigenvalue weighted by atomic mass is 10.1. The van der Waals surface area contributed by atoms with Crippen LogP contribution in [-0.4, -0.2) is 150 Å². The highest BCUT2D eigenvalue weighted by Gasteiger charge is 2.24. The smallest absolute Gasteiger partial charge is 0.287 e. The van der Waals surface area contributed by atoms with Gasteiger partial charge in [-0.15, -0.1) is 0 Å². The van der Waals surface area contributed by atoms with E-state index >= 15 is 0 Å². The van der Waals surface area contributed by atoms with Gasteiger partial charge in [0.2, 0.25) is 41.2 Å². The summed E-state index contributed by atoms with van der Waals surface area (Å²) in [5.74, 6) is -3.74. The Morgan fingerprint density at radius 1 is 0.460 bits per heavy atom. The molecular weight excluding hydrogens is 823 g/mol. The van der Waals surface area contributed by atoms with Gasteiger partial charge in [0, 0.05) is 59.2 Å². The van der Waals surface area contributed by atoms with Crippen LogP contribution in [0, 0.1) is 0 Å². The minimum absolute atomic E-state index is 0.0655. The number of hydrogen-bond donors (Lipinski definition) is 11. The van der Waals surface area contributed by atoms with Gasteiger partial charge in [0.1, 0.15) is 12.1 Å². The van der Waals surface area contributed by atoms with Crippen molar-refractivity contribution < 1.29 is 52.6 Å². The average Bonchev–Trinajstić information content (AvgIpc) is 3.25. The first kappa shape index (κ1) is 58.7. The van der Waals surface area contributed by atoms with Gasteiger partial charge in [-0.05, 0) is 90.1 Å². The van der Waals surface area contributed by atoms with Crippen molar-refractivity contribution in [2.24, 2.45) is 28.7 Å². The number of ether oxygens (including phenoxy) is 3. The van der Waals surface area contributed by atoms with E-state index in [4.69, 9.17) is 42.9 Å². The second-order valence-corrected chi connectivity index (χ2v) is 15.1. The van der Waals surface area contributed by atoms with Crippen LogP contribution in [0.5, 0.6) is 0 Å². The predicted molar refractivity (Wildman–Crippen MR) is 236 cm³/mol. The fraction of sp³-hybridized carbons (Fsp3) is 0.805. The van der Waals surface area contributed by atoms with Gasteiger partial charge < -0.3 is 74.8 Å². The highest BCUT2D eigenvalue weighted by Crippen LogP contribution is 2.06. The predicted octanol–water partition coefficient (Wildman–Crippen LogP) is -2.64. The maximum Gasteiger partial charge on any atom is 0.287 e.